The molecule has 0 saturated carbocycles. The number of nitrogens with zero attached hydrogens (tertiary/aromatic N) is 1. The Hall–Kier alpha value is -0.785. The van der Waals surface area contributed by atoms with Gasteiger partial charge in [-0.25, -0.2) is 0 Å². The van der Waals surface area contributed by atoms with Crippen LogP contribution in [0.3, 0.4) is 0 Å². The van der Waals surface area contributed by atoms with Crippen molar-refractivity contribution in [3.8, 4) is 5.75 Å². The quantitative estimate of drug-likeness (QED) is 0.796. The van der Waals surface area contributed by atoms with E-state index in [4.69, 9.17) is 30.3 Å². The van der Waals surface area contributed by atoms with Gasteiger partial charge in [0.2, 0.25) is 0 Å². The second kappa shape index (κ2) is 6.98. The minimum atomic E-state index is -0.589. The Labute approximate surface area is 130 Å². The molecule has 0 spiro atoms. The highest BCUT2D eigenvalue weighted by atomic mass is 35.5. The molecular formula is C14H19BClNO4. The first-order chi connectivity index (χ1) is 10.2. The van der Waals surface area contributed by atoms with Gasteiger partial charge in [0.15, 0.2) is 0 Å². The maximum absolute atomic E-state index is 6.14. The molecule has 0 amide bonds. The van der Waals surface area contributed by atoms with Gasteiger partial charge in [-0.1, -0.05) is 17.7 Å². The first-order valence-corrected chi connectivity index (χ1v) is 7.58. The Balaban J connectivity index is 1.62. The summed E-state index contributed by atoms with van der Waals surface area (Å²) in [6, 6.07) is 5.73. The van der Waals surface area contributed by atoms with E-state index < -0.39 is 7.32 Å². The molecule has 0 aliphatic carbocycles. The van der Waals surface area contributed by atoms with Gasteiger partial charge in [-0.05, 0) is 24.6 Å². The van der Waals surface area contributed by atoms with Crippen LogP contribution in [0, 0.1) is 6.92 Å². The van der Waals surface area contributed by atoms with E-state index in [1.54, 1.807) is 0 Å². The minimum Gasteiger partial charge on any atom is -0.489 e. The molecule has 0 radical (unpaired) electrons. The van der Waals surface area contributed by atoms with Gasteiger partial charge in [-0.2, -0.15) is 0 Å². The molecule has 1 aromatic rings. The van der Waals surface area contributed by atoms with E-state index in [9.17, 15) is 0 Å². The zero-order valence-electron chi connectivity index (χ0n) is 12.1. The number of benzene rings is 1. The largest absolute Gasteiger partial charge is 0.639 e. The average Bonchev–Trinajstić information content (AvgIpc) is 2.39. The van der Waals surface area contributed by atoms with E-state index >= 15 is 0 Å². The van der Waals surface area contributed by atoms with E-state index in [1.165, 1.54) is 0 Å². The second-order valence-electron chi connectivity index (χ2n) is 5.33. The lowest BCUT2D eigenvalue weighted by Crippen LogP contribution is -2.51. The molecule has 3 fully saturated rings. The van der Waals surface area contributed by atoms with Crippen molar-refractivity contribution in [3.05, 3.63) is 28.8 Å². The zero-order chi connectivity index (χ0) is 14.7. The number of halogens is 1. The smallest absolute Gasteiger partial charge is 0.489 e. The van der Waals surface area contributed by atoms with Crippen LogP contribution < -0.4 is 4.74 Å². The number of aryl methyl sites for hydroxylation is 1. The van der Waals surface area contributed by atoms with Crippen LogP contribution in [0.15, 0.2) is 18.2 Å². The van der Waals surface area contributed by atoms with Gasteiger partial charge in [0.1, 0.15) is 12.4 Å². The summed E-state index contributed by atoms with van der Waals surface area (Å²) >= 11 is 6.14. The highest BCUT2D eigenvalue weighted by Crippen LogP contribution is 2.25. The van der Waals surface area contributed by atoms with E-state index in [0.717, 1.165) is 25.2 Å². The SMILES string of the molecule is Cc1ccc(Cl)c(OC[C@@H]2CN3CCOB(OCC3)O2)c1. The summed E-state index contributed by atoms with van der Waals surface area (Å²) in [5, 5.41) is 0.611. The fraction of sp³-hybridized carbons (Fsp3) is 0.571. The van der Waals surface area contributed by atoms with Crippen molar-refractivity contribution in [1.29, 1.82) is 0 Å². The van der Waals surface area contributed by atoms with Gasteiger partial charge in [0, 0.05) is 32.8 Å². The van der Waals surface area contributed by atoms with E-state index in [0.29, 0.717) is 30.6 Å². The topological polar surface area (TPSA) is 40.2 Å². The third-order valence-corrected chi connectivity index (χ3v) is 3.91. The normalized spacial score (nSPS) is 26.1. The molecule has 0 aromatic heterocycles. The fourth-order valence-electron chi connectivity index (χ4n) is 2.46. The standard InChI is InChI=1S/C14H19BClNO4/c1-11-2-3-13(16)14(8-11)18-10-12-9-17-4-6-19-15(21-12)20-7-5-17/h2-3,8,12H,4-7,9-10H2,1H3/t12-/m0/s1. The lowest BCUT2D eigenvalue weighted by molar-refractivity contribution is -0.0321. The predicted molar refractivity (Wildman–Crippen MR) is 80.7 cm³/mol. The molecule has 3 aliphatic rings. The van der Waals surface area contributed by atoms with Crippen molar-refractivity contribution in [3.63, 3.8) is 0 Å². The molecule has 7 heteroatoms. The van der Waals surface area contributed by atoms with Gasteiger partial charge >= 0.3 is 7.32 Å². The van der Waals surface area contributed by atoms with Gasteiger partial charge in [-0.15, -0.1) is 0 Å². The zero-order valence-corrected chi connectivity index (χ0v) is 12.8. The predicted octanol–water partition coefficient (Wildman–Crippen LogP) is 1.76. The molecule has 2 bridgehead atoms. The third kappa shape index (κ3) is 4.11. The van der Waals surface area contributed by atoms with Gasteiger partial charge in [-0.3, -0.25) is 4.90 Å². The Morgan fingerprint density at radius 3 is 2.86 bits per heavy atom. The van der Waals surface area contributed by atoms with Crippen LogP contribution in [0.5, 0.6) is 5.75 Å². The molecule has 1 atom stereocenters. The average molecular weight is 312 g/mol. The summed E-state index contributed by atoms with van der Waals surface area (Å²) in [5.74, 6) is 0.685. The van der Waals surface area contributed by atoms with Crippen molar-refractivity contribution in [2.24, 2.45) is 0 Å². The first kappa shape index (κ1) is 15.1. The molecule has 3 saturated heterocycles. The lowest BCUT2D eigenvalue weighted by atomic mass is 10.1. The number of hydrogen-bond donors (Lipinski definition) is 0. The molecular weight excluding hydrogens is 292 g/mol. The maximum atomic E-state index is 6.14. The molecule has 0 N–H and O–H groups in total. The van der Waals surface area contributed by atoms with Crippen molar-refractivity contribution in [2.45, 2.75) is 13.0 Å². The Morgan fingerprint density at radius 1 is 1.33 bits per heavy atom. The molecule has 1 aromatic carbocycles. The summed E-state index contributed by atoms with van der Waals surface area (Å²) in [4.78, 5) is 2.27. The van der Waals surface area contributed by atoms with Crippen LogP contribution in [-0.4, -0.2) is 57.8 Å². The molecule has 5 nitrogen and oxygen atoms in total. The van der Waals surface area contributed by atoms with Crippen LogP contribution in [0.1, 0.15) is 5.56 Å². The van der Waals surface area contributed by atoms with E-state index in [2.05, 4.69) is 4.90 Å². The number of fused-ring (bicyclic) bond motifs is 6. The van der Waals surface area contributed by atoms with Gasteiger partial charge in [0.25, 0.3) is 0 Å². The van der Waals surface area contributed by atoms with Crippen LogP contribution >= 0.6 is 11.6 Å². The van der Waals surface area contributed by atoms with Crippen molar-refractivity contribution >= 4 is 18.9 Å². The second-order valence-corrected chi connectivity index (χ2v) is 5.74. The Morgan fingerprint density at radius 2 is 2.10 bits per heavy atom. The highest BCUT2D eigenvalue weighted by Gasteiger charge is 2.33. The number of ether oxygens (including phenoxy) is 1. The number of hydrogen-bond acceptors (Lipinski definition) is 5. The monoisotopic (exact) mass is 311 g/mol. The van der Waals surface area contributed by atoms with Gasteiger partial charge in [0.05, 0.1) is 11.1 Å². The van der Waals surface area contributed by atoms with Crippen LogP contribution in [0.25, 0.3) is 0 Å². The summed E-state index contributed by atoms with van der Waals surface area (Å²) in [5.41, 5.74) is 1.11. The third-order valence-electron chi connectivity index (χ3n) is 3.60. The molecule has 114 valence electrons. The lowest BCUT2D eigenvalue weighted by Gasteiger charge is -2.34. The molecule has 3 heterocycles. The van der Waals surface area contributed by atoms with E-state index in [1.807, 2.05) is 25.1 Å². The fourth-order valence-corrected chi connectivity index (χ4v) is 2.63. The molecule has 3 aliphatic heterocycles. The molecule has 4 rings (SSSR count). The van der Waals surface area contributed by atoms with Crippen LogP contribution in [0.2, 0.25) is 5.02 Å². The Kier molecular flexibility index (Phi) is 5.03. The summed E-state index contributed by atoms with van der Waals surface area (Å²) in [6.07, 6.45) is -0.104. The highest BCUT2D eigenvalue weighted by molar-refractivity contribution is 6.36. The molecule has 21 heavy (non-hydrogen) atoms. The van der Waals surface area contributed by atoms with E-state index in [-0.39, 0.29) is 6.10 Å². The summed E-state index contributed by atoms with van der Waals surface area (Å²) in [7, 11) is -0.589. The minimum absolute atomic E-state index is 0.104. The maximum Gasteiger partial charge on any atom is 0.639 e. The van der Waals surface area contributed by atoms with Crippen LogP contribution in [0.4, 0.5) is 0 Å². The van der Waals surface area contributed by atoms with Gasteiger partial charge < -0.3 is 18.7 Å². The molecule has 0 unspecified atom stereocenters. The van der Waals surface area contributed by atoms with Crippen molar-refractivity contribution in [2.75, 3.05) is 39.5 Å². The van der Waals surface area contributed by atoms with Crippen molar-refractivity contribution < 1.29 is 18.7 Å². The Bertz CT molecular complexity index is 466. The van der Waals surface area contributed by atoms with Crippen LogP contribution in [-0.2, 0) is 14.0 Å². The van der Waals surface area contributed by atoms with Crippen molar-refractivity contribution in [1.82, 2.24) is 4.90 Å². The number of rotatable bonds is 3. The summed E-state index contributed by atoms with van der Waals surface area (Å²) < 4.78 is 22.6. The summed E-state index contributed by atoms with van der Waals surface area (Å²) in [6.45, 7) is 6.28. The first-order valence-electron chi connectivity index (χ1n) is 7.21.